The number of cyclic esters (lactones) is 1. The molecule has 1 saturated heterocycles. The maximum Gasteiger partial charge on any atom is 0.408 e. The number of carbonyl (C=O) groups is 2. The summed E-state index contributed by atoms with van der Waals surface area (Å²) in [7, 11) is 0. The topological polar surface area (TPSA) is 84.9 Å². The predicted molar refractivity (Wildman–Crippen MR) is 86.9 cm³/mol. The first-order valence-electron chi connectivity index (χ1n) is 8.22. The second-order valence-electron chi connectivity index (χ2n) is 8.30. The van der Waals surface area contributed by atoms with Crippen molar-refractivity contribution in [3.63, 3.8) is 0 Å². The molecule has 6 heteroatoms. The lowest BCUT2D eigenvalue weighted by molar-refractivity contribution is -0.150. The van der Waals surface area contributed by atoms with E-state index >= 15 is 0 Å². The molecule has 1 amide bonds. The van der Waals surface area contributed by atoms with Crippen molar-refractivity contribution in [3.05, 3.63) is 0 Å². The average molecular weight is 329 g/mol. The van der Waals surface area contributed by atoms with E-state index in [9.17, 15) is 14.7 Å². The van der Waals surface area contributed by atoms with Gasteiger partial charge in [-0.25, -0.2) is 4.79 Å². The van der Waals surface area contributed by atoms with Gasteiger partial charge in [0.05, 0.1) is 17.6 Å². The van der Waals surface area contributed by atoms with Gasteiger partial charge in [0.2, 0.25) is 0 Å². The van der Waals surface area contributed by atoms with Crippen LogP contribution >= 0.6 is 0 Å². The van der Waals surface area contributed by atoms with Gasteiger partial charge >= 0.3 is 12.1 Å². The van der Waals surface area contributed by atoms with Crippen molar-refractivity contribution in [2.75, 3.05) is 0 Å². The van der Waals surface area contributed by atoms with Gasteiger partial charge in [-0.15, -0.1) is 0 Å². The van der Waals surface area contributed by atoms with E-state index < -0.39 is 35.3 Å². The third-order valence-corrected chi connectivity index (χ3v) is 3.75. The zero-order valence-electron chi connectivity index (χ0n) is 15.3. The lowest BCUT2D eigenvalue weighted by atomic mass is 9.86. The molecule has 0 spiro atoms. The maximum atomic E-state index is 12.0. The molecule has 0 aromatic heterocycles. The summed E-state index contributed by atoms with van der Waals surface area (Å²) >= 11 is 0. The van der Waals surface area contributed by atoms with Crippen LogP contribution in [-0.4, -0.2) is 40.5 Å². The van der Waals surface area contributed by atoms with E-state index in [1.54, 1.807) is 34.6 Å². The third-order valence-electron chi connectivity index (χ3n) is 3.75. The van der Waals surface area contributed by atoms with Crippen LogP contribution in [0.5, 0.6) is 0 Å². The predicted octanol–water partition coefficient (Wildman–Crippen LogP) is 2.63. The Bertz CT molecular complexity index is 433. The molecule has 134 valence electrons. The monoisotopic (exact) mass is 329 g/mol. The highest BCUT2D eigenvalue weighted by Crippen LogP contribution is 2.33. The summed E-state index contributed by atoms with van der Waals surface area (Å²) in [5.74, 6) is -0.681. The molecule has 3 atom stereocenters. The zero-order valence-corrected chi connectivity index (χ0v) is 15.3. The van der Waals surface area contributed by atoms with Gasteiger partial charge in [0.15, 0.2) is 0 Å². The lowest BCUT2D eigenvalue weighted by Gasteiger charge is -2.28. The van der Waals surface area contributed by atoms with Gasteiger partial charge in [0, 0.05) is 6.42 Å². The molecule has 0 aromatic carbocycles. The molecule has 1 rings (SSSR count). The highest BCUT2D eigenvalue weighted by Gasteiger charge is 2.46. The normalized spacial score (nSPS) is 23.6. The minimum absolute atomic E-state index is 0.315. The quantitative estimate of drug-likeness (QED) is 0.757. The molecule has 2 N–H and O–H groups in total. The van der Waals surface area contributed by atoms with E-state index in [1.807, 2.05) is 13.8 Å². The van der Waals surface area contributed by atoms with Gasteiger partial charge in [-0.2, -0.15) is 0 Å². The summed E-state index contributed by atoms with van der Waals surface area (Å²) in [4.78, 5) is 24.1. The number of amides is 1. The first-order chi connectivity index (χ1) is 10.3. The second-order valence-corrected chi connectivity index (χ2v) is 8.30. The number of ether oxygens (including phenoxy) is 2. The summed E-state index contributed by atoms with van der Waals surface area (Å²) in [6.07, 6.45) is 0.0745. The molecule has 23 heavy (non-hydrogen) atoms. The number of carbonyl (C=O) groups excluding carboxylic acids is 2. The third kappa shape index (κ3) is 6.37. The molecule has 1 aliphatic rings. The van der Waals surface area contributed by atoms with Gasteiger partial charge < -0.3 is 19.9 Å². The number of esters is 1. The molecule has 0 unspecified atom stereocenters. The number of hydrogen-bond acceptors (Lipinski definition) is 5. The van der Waals surface area contributed by atoms with E-state index in [0.29, 0.717) is 18.8 Å². The van der Waals surface area contributed by atoms with Crippen molar-refractivity contribution in [1.82, 2.24) is 5.32 Å². The Morgan fingerprint density at radius 1 is 1.35 bits per heavy atom. The molecule has 1 fully saturated rings. The Morgan fingerprint density at radius 2 is 1.91 bits per heavy atom. The fourth-order valence-electron chi connectivity index (χ4n) is 2.70. The van der Waals surface area contributed by atoms with Crippen molar-refractivity contribution in [2.45, 2.75) is 84.7 Å². The van der Waals surface area contributed by atoms with Crippen LogP contribution in [0.3, 0.4) is 0 Å². The fourth-order valence-corrected chi connectivity index (χ4v) is 2.70. The smallest absolute Gasteiger partial charge is 0.408 e. The molecular weight excluding hydrogens is 298 g/mol. The van der Waals surface area contributed by atoms with Crippen LogP contribution in [0.15, 0.2) is 0 Å². The van der Waals surface area contributed by atoms with Gasteiger partial charge in [-0.1, -0.05) is 13.8 Å². The fraction of sp³-hybridized carbons (Fsp3) is 0.882. The second kappa shape index (κ2) is 7.07. The van der Waals surface area contributed by atoms with Crippen LogP contribution in [0, 0.1) is 11.8 Å². The van der Waals surface area contributed by atoms with Gasteiger partial charge in [0.25, 0.3) is 0 Å². The van der Waals surface area contributed by atoms with Crippen LogP contribution < -0.4 is 5.32 Å². The number of aliphatic hydroxyl groups is 1. The zero-order chi connectivity index (χ0) is 18.0. The van der Waals surface area contributed by atoms with E-state index in [-0.39, 0.29) is 6.04 Å². The van der Waals surface area contributed by atoms with Crippen molar-refractivity contribution in [1.29, 1.82) is 0 Å². The highest BCUT2D eigenvalue weighted by atomic mass is 16.6. The Hall–Kier alpha value is -1.30. The van der Waals surface area contributed by atoms with Gasteiger partial charge in [-0.3, -0.25) is 4.79 Å². The molecule has 1 aliphatic heterocycles. The highest BCUT2D eigenvalue weighted by molar-refractivity contribution is 5.76. The van der Waals surface area contributed by atoms with Crippen molar-refractivity contribution >= 4 is 12.1 Å². The molecular formula is C17H31NO5. The van der Waals surface area contributed by atoms with Crippen LogP contribution in [0.1, 0.15) is 61.3 Å². The Kier molecular flexibility index (Phi) is 6.07. The van der Waals surface area contributed by atoms with Crippen LogP contribution in [-0.2, 0) is 14.3 Å². The number of hydrogen-bond donors (Lipinski definition) is 2. The summed E-state index contributed by atoms with van der Waals surface area (Å²) in [5, 5.41) is 12.9. The summed E-state index contributed by atoms with van der Waals surface area (Å²) in [6, 6.07) is -0.332. The van der Waals surface area contributed by atoms with Crippen LogP contribution in [0.2, 0.25) is 0 Å². The minimum Gasteiger partial charge on any atom is -0.460 e. The molecule has 0 saturated carbocycles. The first-order valence-corrected chi connectivity index (χ1v) is 8.22. The molecule has 0 aliphatic carbocycles. The number of nitrogens with one attached hydrogen (secondary N) is 1. The van der Waals surface area contributed by atoms with E-state index in [0.717, 1.165) is 0 Å². The molecule has 0 radical (unpaired) electrons. The van der Waals surface area contributed by atoms with Crippen molar-refractivity contribution in [2.24, 2.45) is 11.8 Å². The van der Waals surface area contributed by atoms with Crippen LogP contribution in [0.25, 0.3) is 0 Å². The molecule has 0 bridgehead atoms. The number of alkyl carbamates (subject to hydrolysis) is 1. The van der Waals surface area contributed by atoms with Gasteiger partial charge in [0.1, 0.15) is 11.7 Å². The Morgan fingerprint density at radius 3 is 2.30 bits per heavy atom. The van der Waals surface area contributed by atoms with Crippen LogP contribution in [0.4, 0.5) is 4.79 Å². The lowest BCUT2D eigenvalue weighted by Crippen LogP contribution is -2.46. The Balaban J connectivity index is 2.79. The van der Waals surface area contributed by atoms with Crippen molar-refractivity contribution < 1.29 is 24.2 Å². The Labute approximate surface area is 138 Å². The summed E-state index contributed by atoms with van der Waals surface area (Å²) in [5.41, 5.74) is -1.73. The maximum absolute atomic E-state index is 12.0. The van der Waals surface area contributed by atoms with E-state index in [1.165, 1.54) is 0 Å². The minimum atomic E-state index is -1.14. The summed E-state index contributed by atoms with van der Waals surface area (Å²) in [6.45, 7) is 12.7. The average Bonchev–Trinajstić information content (AvgIpc) is 2.66. The van der Waals surface area contributed by atoms with E-state index in [2.05, 4.69) is 5.32 Å². The molecule has 0 aromatic rings. The SMILES string of the molecule is CC(C)C[C@H](NC(=O)OC(C)(C)C)[C@@H]1C[C@@H](C(C)(C)O)C(=O)O1. The van der Waals surface area contributed by atoms with Crippen molar-refractivity contribution in [3.8, 4) is 0 Å². The van der Waals surface area contributed by atoms with Gasteiger partial charge in [-0.05, 0) is 47.0 Å². The summed E-state index contributed by atoms with van der Waals surface area (Å²) < 4.78 is 10.7. The first kappa shape index (κ1) is 19.7. The molecule has 6 nitrogen and oxygen atoms in total. The van der Waals surface area contributed by atoms with E-state index in [4.69, 9.17) is 9.47 Å². The standard InChI is InChI=1S/C17H31NO5/c1-10(2)8-12(18-15(20)23-16(3,4)5)13-9-11(14(19)22-13)17(6,7)21/h10-13,21H,8-9H2,1-7H3,(H,18,20)/t11-,12+,13+/m1/s1. The molecule has 1 heterocycles. The number of rotatable bonds is 5. The largest absolute Gasteiger partial charge is 0.460 e.